The third kappa shape index (κ3) is 3.78. The van der Waals surface area contributed by atoms with Gasteiger partial charge in [-0.1, -0.05) is 12.1 Å². The molecule has 0 unspecified atom stereocenters. The molecule has 1 aliphatic heterocycles. The Morgan fingerprint density at radius 2 is 2.06 bits per heavy atom. The summed E-state index contributed by atoms with van der Waals surface area (Å²) in [6.45, 7) is 2.75. The van der Waals surface area contributed by atoms with Crippen LogP contribution in [0.2, 0.25) is 0 Å². The summed E-state index contributed by atoms with van der Waals surface area (Å²) in [6, 6.07) is 7.28. The van der Waals surface area contributed by atoms with Gasteiger partial charge in [0, 0.05) is 12.6 Å². The van der Waals surface area contributed by atoms with Crippen LogP contribution in [0.4, 0.5) is 0 Å². The van der Waals surface area contributed by atoms with Gasteiger partial charge in [-0.3, -0.25) is 0 Å². The molecule has 18 heavy (non-hydrogen) atoms. The van der Waals surface area contributed by atoms with Gasteiger partial charge >= 0.3 is 0 Å². The Morgan fingerprint density at radius 3 is 2.72 bits per heavy atom. The highest BCUT2D eigenvalue weighted by Crippen LogP contribution is 2.10. The number of sulfonamides is 1. The summed E-state index contributed by atoms with van der Waals surface area (Å²) in [6.07, 6.45) is 2.21. The van der Waals surface area contributed by atoms with E-state index in [1.165, 1.54) is 6.07 Å². The Balaban J connectivity index is 1.97. The third-order valence-corrected chi connectivity index (χ3v) is 4.07. The lowest BCUT2D eigenvalue weighted by Crippen LogP contribution is -2.39. The predicted octanol–water partition coefficient (Wildman–Crippen LogP) is 0.176. The van der Waals surface area contributed by atoms with Gasteiger partial charge in [-0.15, -0.1) is 0 Å². The number of benzene rings is 1. The van der Waals surface area contributed by atoms with E-state index in [4.69, 9.17) is 5.14 Å². The molecule has 1 aromatic carbocycles. The molecule has 0 atom stereocenters. The summed E-state index contributed by atoms with van der Waals surface area (Å²) < 4.78 is 22.5. The van der Waals surface area contributed by atoms with Crippen LogP contribution in [0.5, 0.6) is 0 Å². The number of nitrogens with one attached hydrogen (secondary N) is 2. The minimum absolute atomic E-state index is 0.173. The molecule has 0 saturated carbocycles. The molecule has 5 nitrogen and oxygen atoms in total. The normalized spacial score (nSPS) is 17.8. The van der Waals surface area contributed by atoms with E-state index in [0.29, 0.717) is 12.6 Å². The molecule has 1 aliphatic rings. The van der Waals surface area contributed by atoms with Gasteiger partial charge < -0.3 is 10.6 Å². The molecular formula is C12H19N3O2S. The van der Waals surface area contributed by atoms with Crippen molar-refractivity contribution in [3.8, 4) is 0 Å². The minimum atomic E-state index is -3.61. The van der Waals surface area contributed by atoms with Gasteiger partial charge in [0.15, 0.2) is 0 Å². The molecule has 0 spiro atoms. The maximum atomic E-state index is 11.2. The second-order valence-electron chi connectivity index (χ2n) is 4.60. The summed E-state index contributed by atoms with van der Waals surface area (Å²) in [5, 5.41) is 11.9. The summed E-state index contributed by atoms with van der Waals surface area (Å²) >= 11 is 0. The van der Waals surface area contributed by atoms with E-state index in [2.05, 4.69) is 10.6 Å². The molecule has 6 heteroatoms. The fourth-order valence-corrected chi connectivity index (χ4v) is 2.70. The van der Waals surface area contributed by atoms with Crippen LogP contribution in [0.3, 0.4) is 0 Å². The van der Waals surface area contributed by atoms with Gasteiger partial charge in [0.1, 0.15) is 0 Å². The predicted molar refractivity (Wildman–Crippen MR) is 70.5 cm³/mol. The summed E-state index contributed by atoms with van der Waals surface area (Å²) in [5.74, 6) is 0. The van der Waals surface area contributed by atoms with Gasteiger partial charge in [0.25, 0.3) is 0 Å². The third-order valence-electron chi connectivity index (χ3n) is 3.16. The first-order valence-corrected chi connectivity index (χ1v) is 7.66. The second-order valence-corrected chi connectivity index (χ2v) is 6.16. The van der Waals surface area contributed by atoms with Crippen molar-refractivity contribution >= 4 is 10.0 Å². The molecule has 0 bridgehead atoms. The van der Waals surface area contributed by atoms with Gasteiger partial charge in [-0.2, -0.15) is 0 Å². The molecular weight excluding hydrogens is 250 g/mol. The van der Waals surface area contributed by atoms with Crippen LogP contribution in [0, 0.1) is 0 Å². The second kappa shape index (κ2) is 5.79. The quantitative estimate of drug-likeness (QED) is 0.728. The highest BCUT2D eigenvalue weighted by Gasteiger charge is 2.12. The summed E-state index contributed by atoms with van der Waals surface area (Å²) in [4.78, 5) is 0.173. The smallest absolute Gasteiger partial charge is 0.238 e. The SMILES string of the molecule is NS(=O)(=O)c1cccc(CNC2CCNCC2)c1. The maximum Gasteiger partial charge on any atom is 0.238 e. The van der Waals surface area contributed by atoms with E-state index in [-0.39, 0.29) is 4.90 Å². The average molecular weight is 269 g/mol. The zero-order valence-corrected chi connectivity index (χ0v) is 11.0. The molecule has 100 valence electrons. The van der Waals surface area contributed by atoms with E-state index in [1.54, 1.807) is 12.1 Å². The molecule has 1 heterocycles. The monoisotopic (exact) mass is 269 g/mol. The van der Waals surface area contributed by atoms with Crippen molar-refractivity contribution in [3.05, 3.63) is 29.8 Å². The lowest BCUT2D eigenvalue weighted by molar-refractivity contribution is 0.386. The van der Waals surface area contributed by atoms with E-state index in [1.807, 2.05) is 6.07 Å². The number of rotatable bonds is 4. The molecule has 0 aromatic heterocycles. The number of piperidine rings is 1. The molecule has 0 aliphatic carbocycles. The van der Waals surface area contributed by atoms with Crippen LogP contribution in [-0.2, 0) is 16.6 Å². The fraction of sp³-hybridized carbons (Fsp3) is 0.500. The van der Waals surface area contributed by atoms with Crippen LogP contribution >= 0.6 is 0 Å². The molecule has 1 fully saturated rings. The minimum Gasteiger partial charge on any atom is -0.317 e. The van der Waals surface area contributed by atoms with Gasteiger partial charge in [0.2, 0.25) is 10.0 Å². The Bertz CT molecular complexity index is 496. The van der Waals surface area contributed by atoms with E-state index >= 15 is 0 Å². The van der Waals surface area contributed by atoms with Crippen molar-refractivity contribution in [1.29, 1.82) is 0 Å². The zero-order valence-electron chi connectivity index (χ0n) is 10.2. The Labute approximate surface area is 108 Å². The Hall–Kier alpha value is -0.950. The van der Waals surface area contributed by atoms with Crippen LogP contribution < -0.4 is 15.8 Å². The van der Waals surface area contributed by atoms with Gasteiger partial charge in [-0.05, 0) is 43.6 Å². The van der Waals surface area contributed by atoms with Gasteiger partial charge in [-0.25, -0.2) is 13.6 Å². The van der Waals surface area contributed by atoms with Crippen molar-refractivity contribution in [2.75, 3.05) is 13.1 Å². The first kappa shape index (κ1) is 13.5. The number of hydrogen-bond donors (Lipinski definition) is 3. The topological polar surface area (TPSA) is 84.2 Å². The lowest BCUT2D eigenvalue weighted by atomic mass is 10.1. The first-order chi connectivity index (χ1) is 8.55. The largest absolute Gasteiger partial charge is 0.317 e. The van der Waals surface area contributed by atoms with Crippen molar-refractivity contribution in [1.82, 2.24) is 10.6 Å². The average Bonchev–Trinajstić information content (AvgIpc) is 2.37. The molecule has 1 aromatic rings. The van der Waals surface area contributed by atoms with E-state index in [0.717, 1.165) is 31.5 Å². The summed E-state index contributed by atoms with van der Waals surface area (Å²) in [5.41, 5.74) is 0.944. The van der Waals surface area contributed by atoms with Crippen LogP contribution in [0.1, 0.15) is 18.4 Å². The number of hydrogen-bond acceptors (Lipinski definition) is 4. The number of primary sulfonamides is 1. The lowest BCUT2D eigenvalue weighted by Gasteiger charge is -2.23. The molecule has 2 rings (SSSR count). The Morgan fingerprint density at radius 1 is 1.33 bits per heavy atom. The van der Waals surface area contributed by atoms with Crippen LogP contribution in [0.25, 0.3) is 0 Å². The highest BCUT2D eigenvalue weighted by molar-refractivity contribution is 7.89. The molecule has 0 radical (unpaired) electrons. The fourth-order valence-electron chi connectivity index (χ4n) is 2.12. The van der Waals surface area contributed by atoms with Crippen molar-refractivity contribution in [2.45, 2.75) is 30.3 Å². The number of nitrogens with two attached hydrogens (primary N) is 1. The molecule has 1 saturated heterocycles. The molecule has 4 N–H and O–H groups in total. The standard InChI is InChI=1S/C12H19N3O2S/c13-18(16,17)12-3-1-2-10(8-12)9-15-11-4-6-14-7-5-11/h1-3,8,11,14-15H,4-7,9H2,(H2,13,16,17). The van der Waals surface area contributed by atoms with E-state index in [9.17, 15) is 8.42 Å². The highest BCUT2D eigenvalue weighted by atomic mass is 32.2. The van der Waals surface area contributed by atoms with Crippen LogP contribution in [-0.4, -0.2) is 27.5 Å². The maximum absolute atomic E-state index is 11.2. The van der Waals surface area contributed by atoms with Gasteiger partial charge in [0.05, 0.1) is 4.90 Å². The van der Waals surface area contributed by atoms with Crippen molar-refractivity contribution in [3.63, 3.8) is 0 Å². The Kier molecular flexibility index (Phi) is 4.34. The van der Waals surface area contributed by atoms with Crippen LogP contribution in [0.15, 0.2) is 29.2 Å². The van der Waals surface area contributed by atoms with E-state index < -0.39 is 10.0 Å². The van der Waals surface area contributed by atoms with Crippen molar-refractivity contribution in [2.24, 2.45) is 5.14 Å². The zero-order chi connectivity index (χ0) is 13.0. The molecule has 0 amide bonds. The van der Waals surface area contributed by atoms with Crippen molar-refractivity contribution < 1.29 is 8.42 Å². The first-order valence-electron chi connectivity index (χ1n) is 6.11. The summed E-state index contributed by atoms with van der Waals surface area (Å²) in [7, 11) is -3.61.